The summed E-state index contributed by atoms with van der Waals surface area (Å²) in [7, 11) is 0. The van der Waals surface area contributed by atoms with Gasteiger partial charge >= 0.3 is 0 Å². The predicted octanol–water partition coefficient (Wildman–Crippen LogP) is 5.05. The van der Waals surface area contributed by atoms with E-state index in [0.29, 0.717) is 34.2 Å². The molecule has 1 fully saturated rings. The summed E-state index contributed by atoms with van der Waals surface area (Å²) in [5.41, 5.74) is 1.74. The lowest BCUT2D eigenvalue weighted by molar-refractivity contribution is -0.132. The second-order valence-electron chi connectivity index (χ2n) is 7.41. The van der Waals surface area contributed by atoms with E-state index in [-0.39, 0.29) is 11.9 Å². The molecule has 1 aliphatic heterocycles. The van der Waals surface area contributed by atoms with Gasteiger partial charge in [-0.05, 0) is 49.6 Å². The summed E-state index contributed by atoms with van der Waals surface area (Å²) in [6, 6.07) is 10.8. The minimum absolute atomic E-state index is 0.142. The average molecular weight is 443 g/mol. The number of halogens is 1. The van der Waals surface area contributed by atoms with Gasteiger partial charge in [0.1, 0.15) is 11.8 Å². The van der Waals surface area contributed by atoms with Crippen molar-refractivity contribution in [3.8, 4) is 0 Å². The lowest BCUT2D eigenvalue weighted by Gasteiger charge is -2.22. The Hall–Kier alpha value is -2.58. The fraction of sp³-hybridized carbons (Fsp3) is 0.333. The van der Waals surface area contributed by atoms with Crippen molar-refractivity contribution >= 4 is 35.0 Å². The summed E-state index contributed by atoms with van der Waals surface area (Å²) in [4.78, 5) is 13.3. The van der Waals surface area contributed by atoms with Crippen molar-refractivity contribution in [2.45, 2.75) is 48.6 Å². The number of amides is 1. The molecule has 1 amide bonds. The zero-order valence-electron chi connectivity index (χ0n) is 16.2. The molecule has 1 saturated carbocycles. The van der Waals surface area contributed by atoms with E-state index in [2.05, 4.69) is 15.3 Å². The van der Waals surface area contributed by atoms with Crippen LogP contribution >= 0.6 is 23.4 Å². The fourth-order valence-corrected chi connectivity index (χ4v) is 4.24. The van der Waals surface area contributed by atoms with Crippen LogP contribution in [0, 0.1) is 0 Å². The van der Waals surface area contributed by atoms with Crippen molar-refractivity contribution in [3.05, 3.63) is 64.9 Å². The van der Waals surface area contributed by atoms with Crippen LogP contribution in [0.15, 0.2) is 61.8 Å². The van der Waals surface area contributed by atoms with Crippen molar-refractivity contribution in [2.24, 2.45) is 5.10 Å². The number of furan rings is 1. The Kier molecular flexibility index (Phi) is 5.12. The molecule has 3 heterocycles. The van der Waals surface area contributed by atoms with Gasteiger partial charge in [0, 0.05) is 17.4 Å². The Labute approximate surface area is 182 Å². The smallest absolute Gasteiger partial charge is 0.277 e. The number of benzene rings is 1. The molecule has 1 aliphatic carbocycles. The first-order valence-electron chi connectivity index (χ1n) is 9.78. The molecular weight excluding hydrogens is 424 g/mol. The number of rotatable bonds is 6. The van der Waals surface area contributed by atoms with E-state index in [1.807, 2.05) is 43.3 Å². The average Bonchev–Trinajstić information content (AvgIpc) is 3.14. The van der Waals surface area contributed by atoms with Gasteiger partial charge in [-0.15, -0.1) is 10.2 Å². The fourth-order valence-electron chi connectivity index (χ4n) is 3.38. The molecule has 1 aromatic carbocycles. The summed E-state index contributed by atoms with van der Waals surface area (Å²) < 4.78 is 11.3. The predicted molar refractivity (Wildman–Crippen MR) is 112 cm³/mol. The summed E-state index contributed by atoms with van der Waals surface area (Å²) >= 11 is 7.26. The van der Waals surface area contributed by atoms with Crippen LogP contribution in [0.5, 0.6) is 0 Å². The lowest BCUT2D eigenvalue weighted by Crippen LogP contribution is -2.33. The highest BCUT2D eigenvalue weighted by atomic mass is 35.5. The van der Waals surface area contributed by atoms with Crippen LogP contribution in [-0.4, -0.2) is 32.1 Å². The third-order valence-electron chi connectivity index (χ3n) is 5.16. The molecule has 0 N–H and O–H groups in total. The maximum atomic E-state index is 13.3. The lowest BCUT2D eigenvalue weighted by atomic mass is 10.0. The summed E-state index contributed by atoms with van der Waals surface area (Å²) in [6.07, 6.45) is 4.34. The zero-order chi connectivity index (χ0) is 20.7. The highest BCUT2D eigenvalue weighted by Gasteiger charge is 2.37. The van der Waals surface area contributed by atoms with Crippen molar-refractivity contribution in [2.75, 3.05) is 0 Å². The van der Waals surface area contributed by atoms with Gasteiger partial charge in [-0.25, -0.2) is 5.01 Å². The van der Waals surface area contributed by atoms with Gasteiger partial charge in [-0.1, -0.05) is 35.5 Å². The van der Waals surface area contributed by atoms with Gasteiger partial charge in [-0.2, -0.15) is 5.10 Å². The first-order valence-corrected chi connectivity index (χ1v) is 11.0. The van der Waals surface area contributed by atoms with Gasteiger partial charge < -0.3 is 8.83 Å². The van der Waals surface area contributed by atoms with Crippen LogP contribution in [0.25, 0.3) is 0 Å². The first-order chi connectivity index (χ1) is 14.6. The number of hydrogen-bond acceptors (Lipinski definition) is 7. The minimum Gasteiger partial charge on any atom is -0.467 e. The third-order valence-corrected chi connectivity index (χ3v) is 6.33. The van der Waals surface area contributed by atoms with Gasteiger partial charge in [0.2, 0.25) is 5.89 Å². The summed E-state index contributed by atoms with van der Waals surface area (Å²) in [6.45, 7) is 1.82. The van der Waals surface area contributed by atoms with E-state index in [0.717, 1.165) is 24.1 Å². The van der Waals surface area contributed by atoms with Crippen molar-refractivity contribution < 1.29 is 13.6 Å². The molecule has 3 aromatic rings. The van der Waals surface area contributed by atoms with Gasteiger partial charge in [0.15, 0.2) is 0 Å². The van der Waals surface area contributed by atoms with Crippen molar-refractivity contribution in [3.63, 3.8) is 0 Å². The monoisotopic (exact) mass is 442 g/mol. The van der Waals surface area contributed by atoms with E-state index < -0.39 is 5.25 Å². The molecule has 5 rings (SSSR count). The Morgan fingerprint density at radius 3 is 2.73 bits per heavy atom. The highest BCUT2D eigenvalue weighted by molar-refractivity contribution is 8.00. The number of aromatic nitrogens is 2. The summed E-state index contributed by atoms with van der Waals surface area (Å²) in [5.74, 6) is 1.60. The molecule has 0 spiro atoms. The van der Waals surface area contributed by atoms with Crippen LogP contribution < -0.4 is 0 Å². The quantitative estimate of drug-likeness (QED) is 0.496. The molecule has 7 nitrogen and oxygen atoms in total. The molecule has 9 heteroatoms. The second kappa shape index (κ2) is 7.92. The zero-order valence-corrected chi connectivity index (χ0v) is 17.8. The topological polar surface area (TPSA) is 84.7 Å². The van der Waals surface area contributed by atoms with E-state index in [4.69, 9.17) is 20.4 Å². The maximum Gasteiger partial charge on any atom is 0.277 e. The normalized spacial score (nSPS) is 19.7. The molecule has 30 heavy (non-hydrogen) atoms. The SMILES string of the molecule is C[C@H](Sc1nnc(C2CC2)o1)C(=O)N1N=C(c2ccc(Cl)cc2)C[C@H]1c1ccco1. The number of thioether (sulfide) groups is 1. The largest absolute Gasteiger partial charge is 0.467 e. The Balaban J connectivity index is 1.37. The first kappa shape index (κ1) is 19.4. The van der Waals surface area contributed by atoms with Gasteiger partial charge in [-0.3, -0.25) is 4.79 Å². The van der Waals surface area contributed by atoms with E-state index in [1.165, 1.54) is 16.8 Å². The number of nitrogens with zero attached hydrogens (tertiary/aromatic N) is 4. The molecule has 2 aliphatic rings. The van der Waals surface area contributed by atoms with Crippen molar-refractivity contribution in [1.82, 2.24) is 15.2 Å². The van der Waals surface area contributed by atoms with Crippen LogP contribution in [0.2, 0.25) is 5.02 Å². The van der Waals surface area contributed by atoms with E-state index in [9.17, 15) is 4.79 Å². The molecule has 2 atom stereocenters. The summed E-state index contributed by atoms with van der Waals surface area (Å²) in [5, 5.41) is 14.9. The van der Waals surface area contributed by atoms with E-state index >= 15 is 0 Å². The number of hydrazone groups is 1. The molecule has 0 bridgehead atoms. The Bertz CT molecular complexity index is 1080. The molecular formula is C21H19ClN4O3S. The minimum atomic E-state index is -0.441. The molecule has 154 valence electrons. The third kappa shape index (κ3) is 3.89. The molecule has 0 unspecified atom stereocenters. The molecule has 2 aromatic heterocycles. The maximum absolute atomic E-state index is 13.3. The van der Waals surface area contributed by atoms with Crippen LogP contribution in [-0.2, 0) is 4.79 Å². The standard InChI is InChI=1S/C21H19ClN4O3S/c1-12(30-21-24-23-19(29-21)14-4-5-14)20(27)26-17(18-3-2-10-28-18)11-16(25-26)13-6-8-15(22)9-7-13/h2-3,6-10,12,14,17H,4-5,11H2,1H3/t12-,17-/m0/s1. The Morgan fingerprint density at radius 2 is 2.03 bits per heavy atom. The number of hydrogen-bond donors (Lipinski definition) is 0. The highest BCUT2D eigenvalue weighted by Crippen LogP contribution is 2.40. The Morgan fingerprint density at radius 1 is 1.23 bits per heavy atom. The van der Waals surface area contributed by atoms with Crippen LogP contribution in [0.4, 0.5) is 0 Å². The van der Waals surface area contributed by atoms with Gasteiger partial charge in [0.05, 0.1) is 17.2 Å². The van der Waals surface area contributed by atoms with Crippen molar-refractivity contribution in [1.29, 1.82) is 0 Å². The molecule has 0 saturated heterocycles. The number of carbonyl (C=O) groups excluding carboxylic acids is 1. The number of carbonyl (C=O) groups is 1. The molecule has 0 radical (unpaired) electrons. The van der Waals surface area contributed by atoms with Crippen LogP contribution in [0.3, 0.4) is 0 Å². The van der Waals surface area contributed by atoms with Crippen LogP contribution in [0.1, 0.15) is 55.4 Å². The second-order valence-corrected chi connectivity index (χ2v) is 9.14. The van der Waals surface area contributed by atoms with E-state index in [1.54, 1.807) is 6.26 Å². The van der Waals surface area contributed by atoms with Gasteiger partial charge in [0.25, 0.3) is 11.1 Å².